The van der Waals surface area contributed by atoms with Crippen molar-refractivity contribution in [2.75, 3.05) is 6.61 Å². The van der Waals surface area contributed by atoms with Gasteiger partial charge in [0.25, 0.3) is 0 Å². The molecule has 6 heteroatoms. The normalized spacial score (nSPS) is 10.9. The number of hydrogen-bond acceptors (Lipinski definition) is 4. The van der Waals surface area contributed by atoms with E-state index in [0.29, 0.717) is 0 Å². The molecule has 0 aromatic heterocycles. The van der Waals surface area contributed by atoms with Gasteiger partial charge in [0.1, 0.15) is 5.75 Å². The molecule has 0 heterocycles. The van der Waals surface area contributed by atoms with Crippen LogP contribution in [0.3, 0.4) is 0 Å². The first kappa shape index (κ1) is 20.9. The maximum atomic E-state index is 11.5. The minimum atomic E-state index is -3.94. The zero-order valence-electron chi connectivity index (χ0n) is 12.1. The average Bonchev–Trinajstić information content (AvgIpc) is 2.42. The number of rotatable bonds is 11. The van der Waals surface area contributed by atoms with Gasteiger partial charge in [-0.2, -0.15) is 8.42 Å². The fourth-order valence-electron chi connectivity index (χ4n) is 1.84. The third-order valence-corrected chi connectivity index (χ3v) is 3.77. The van der Waals surface area contributed by atoms with E-state index in [1.54, 1.807) is 30.3 Å². The van der Waals surface area contributed by atoms with Crippen molar-refractivity contribution in [2.24, 2.45) is 0 Å². The molecule has 0 amide bonds. The second-order valence-electron chi connectivity index (χ2n) is 4.75. The number of unbranched alkanes of at least 4 members (excludes halogenated alkanes) is 6. The van der Waals surface area contributed by atoms with Crippen LogP contribution in [0.2, 0.25) is 0 Å². The molecule has 0 aliphatic heterocycles. The molecule has 21 heavy (non-hydrogen) atoms. The second-order valence-corrected chi connectivity index (χ2v) is 5.97. The summed E-state index contributed by atoms with van der Waals surface area (Å²) in [7, 11) is -3.94. The summed E-state index contributed by atoms with van der Waals surface area (Å²) in [6.45, 7) is 2.37. The number of benzene rings is 1. The molecule has 0 saturated heterocycles. The summed E-state index contributed by atoms with van der Waals surface area (Å²) in [5.41, 5.74) is 0. The van der Waals surface area contributed by atoms with Crippen LogP contribution in [0.4, 0.5) is 0 Å². The molecule has 1 rings (SSSR count). The van der Waals surface area contributed by atoms with E-state index in [4.69, 9.17) is 8.37 Å². The fourth-order valence-corrected chi connectivity index (χ4v) is 2.56. The third kappa shape index (κ3) is 11.2. The van der Waals surface area contributed by atoms with Crippen molar-refractivity contribution in [1.29, 1.82) is 0 Å². The number of para-hydroxylation sites is 1. The van der Waals surface area contributed by atoms with E-state index in [1.165, 1.54) is 25.7 Å². The van der Waals surface area contributed by atoms with Crippen LogP contribution in [0.25, 0.3) is 0 Å². The Hall–Kier alpha value is -0.0700. The molecule has 116 valence electrons. The molecule has 0 aliphatic carbocycles. The van der Waals surface area contributed by atoms with Crippen molar-refractivity contribution in [2.45, 2.75) is 51.9 Å². The van der Waals surface area contributed by atoms with Crippen molar-refractivity contribution in [1.82, 2.24) is 0 Å². The van der Waals surface area contributed by atoms with E-state index >= 15 is 0 Å². The molecule has 1 aromatic carbocycles. The second kappa shape index (κ2) is 12.5. The van der Waals surface area contributed by atoms with E-state index in [1.807, 2.05) is 0 Å². The standard InChI is InChI=1S/C15H24O4S.Na.H/c1-2-3-4-5-6-7-11-14-18-20(16,17)19-15-12-9-8-10-13-15;;/h8-10,12-13H,2-7,11,14H2,1H3;;. The maximum absolute atomic E-state index is 11.5. The summed E-state index contributed by atoms with van der Waals surface area (Å²) < 4.78 is 32.7. The molecule has 0 fully saturated rings. The number of hydrogen-bond donors (Lipinski definition) is 0. The first-order valence-electron chi connectivity index (χ1n) is 7.28. The molecule has 4 nitrogen and oxygen atoms in total. The molecule has 1 aromatic rings. The summed E-state index contributed by atoms with van der Waals surface area (Å²) in [5.74, 6) is 0.270. The van der Waals surface area contributed by atoms with Crippen LogP contribution >= 0.6 is 0 Å². The molecule has 0 aliphatic rings. The van der Waals surface area contributed by atoms with Gasteiger partial charge in [-0.3, -0.25) is 0 Å². The van der Waals surface area contributed by atoms with Gasteiger partial charge >= 0.3 is 40.0 Å². The topological polar surface area (TPSA) is 52.6 Å². The van der Waals surface area contributed by atoms with Crippen LogP contribution in [-0.4, -0.2) is 44.6 Å². The molecule has 0 bridgehead atoms. The predicted octanol–water partition coefficient (Wildman–Crippen LogP) is 3.43. The molecular weight excluding hydrogens is 299 g/mol. The summed E-state index contributed by atoms with van der Waals surface area (Å²) in [6, 6.07) is 8.37. The summed E-state index contributed by atoms with van der Waals surface area (Å²) in [5, 5.41) is 0. The Labute approximate surface area is 150 Å². The SMILES string of the molecule is CCCCCCCCCOS(=O)(=O)Oc1ccccc1.[NaH]. The molecule has 0 saturated carbocycles. The molecule has 0 radical (unpaired) electrons. The molecule has 0 unspecified atom stereocenters. The third-order valence-electron chi connectivity index (χ3n) is 2.92. The molecule has 0 spiro atoms. The van der Waals surface area contributed by atoms with Gasteiger partial charge in [-0.05, 0) is 18.6 Å². The van der Waals surface area contributed by atoms with E-state index in [9.17, 15) is 8.42 Å². The van der Waals surface area contributed by atoms with Crippen LogP contribution in [-0.2, 0) is 14.6 Å². The fraction of sp³-hybridized carbons (Fsp3) is 0.600. The Balaban J connectivity index is 0.00000400. The van der Waals surface area contributed by atoms with E-state index in [2.05, 4.69) is 6.92 Å². The zero-order chi connectivity index (χ0) is 14.7. The van der Waals surface area contributed by atoms with Gasteiger partial charge in [0.15, 0.2) is 0 Å². The van der Waals surface area contributed by atoms with Crippen LogP contribution in [0, 0.1) is 0 Å². The van der Waals surface area contributed by atoms with Crippen molar-refractivity contribution in [3.8, 4) is 5.75 Å². The van der Waals surface area contributed by atoms with Crippen LogP contribution in [0.15, 0.2) is 30.3 Å². The summed E-state index contributed by atoms with van der Waals surface area (Å²) >= 11 is 0. The van der Waals surface area contributed by atoms with Crippen molar-refractivity contribution >= 4 is 40.0 Å². The van der Waals surface area contributed by atoms with Gasteiger partial charge in [-0.15, -0.1) is 0 Å². The Morgan fingerprint density at radius 3 is 2.10 bits per heavy atom. The first-order valence-corrected chi connectivity index (χ1v) is 8.61. The van der Waals surface area contributed by atoms with Gasteiger partial charge in [0.2, 0.25) is 0 Å². The first-order chi connectivity index (χ1) is 9.64. The van der Waals surface area contributed by atoms with Gasteiger partial charge in [0.05, 0.1) is 6.61 Å². The van der Waals surface area contributed by atoms with E-state index in [0.717, 1.165) is 19.3 Å². The minimum absolute atomic E-state index is 0. The van der Waals surface area contributed by atoms with Crippen molar-refractivity contribution in [3.05, 3.63) is 30.3 Å². The Bertz CT molecular complexity index is 448. The van der Waals surface area contributed by atoms with Crippen LogP contribution in [0.5, 0.6) is 5.75 Å². The quantitative estimate of drug-likeness (QED) is 0.462. The van der Waals surface area contributed by atoms with Gasteiger partial charge in [-0.25, -0.2) is 4.18 Å². The average molecular weight is 324 g/mol. The van der Waals surface area contributed by atoms with Crippen LogP contribution < -0.4 is 4.18 Å². The summed E-state index contributed by atoms with van der Waals surface area (Å²) in [4.78, 5) is 0. The monoisotopic (exact) mass is 324 g/mol. The zero-order valence-corrected chi connectivity index (χ0v) is 12.9. The summed E-state index contributed by atoms with van der Waals surface area (Å²) in [6.07, 6.45) is 7.83. The van der Waals surface area contributed by atoms with E-state index in [-0.39, 0.29) is 41.9 Å². The van der Waals surface area contributed by atoms with Gasteiger partial charge < -0.3 is 4.18 Å². The van der Waals surface area contributed by atoms with Gasteiger partial charge in [-0.1, -0.05) is 63.6 Å². The molecule has 0 atom stereocenters. The Morgan fingerprint density at radius 2 is 1.48 bits per heavy atom. The predicted molar refractivity (Wildman–Crippen MR) is 87.1 cm³/mol. The molecular formula is C15H25NaO4S. The van der Waals surface area contributed by atoms with Crippen LogP contribution in [0.1, 0.15) is 51.9 Å². The Morgan fingerprint density at radius 1 is 0.905 bits per heavy atom. The van der Waals surface area contributed by atoms with Crippen molar-refractivity contribution < 1.29 is 16.8 Å². The molecule has 0 N–H and O–H groups in total. The Kier molecular flexibility index (Phi) is 12.4. The van der Waals surface area contributed by atoms with Crippen molar-refractivity contribution in [3.63, 3.8) is 0 Å². The van der Waals surface area contributed by atoms with Gasteiger partial charge in [0, 0.05) is 0 Å². The van der Waals surface area contributed by atoms with E-state index < -0.39 is 10.4 Å².